The number of allylic oxidation sites excluding steroid dienone is 16. The van der Waals surface area contributed by atoms with E-state index in [-0.39, 0.29) is 76.5 Å². The fraction of sp³-hybridized carbons (Fsp3) is 0.556. The third-order valence-electron chi connectivity index (χ3n) is 6.01. The van der Waals surface area contributed by atoms with Crippen LogP contribution < -0.4 is 24.8 Å². The van der Waals surface area contributed by atoms with E-state index in [1.807, 2.05) is 0 Å². The molecule has 0 bridgehead atoms. The Morgan fingerprint density at radius 1 is 0.391 bits per heavy atom. The molecule has 0 fully saturated rings. The summed E-state index contributed by atoms with van der Waals surface area (Å²) in [6.07, 6.45) is 35.3. The normalized spacial score (nSPS) is 15.1. The van der Waals surface area contributed by atoms with Crippen LogP contribution in [-0.2, 0) is 51.7 Å². The van der Waals surface area contributed by atoms with Gasteiger partial charge < -0.3 is 24.8 Å². The molecule has 0 unspecified atom stereocenters. The minimum absolute atomic E-state index is 0. The molecule has 0 nitrogen and oxygen atoms in total. The van der Waals surface area contributed by atoms with Gasteiger partial charge in [0.25, 0.3) is 0 Å². The Morgan fingerprint density at radius 3 is 0.565 bits per heavy atom. The van der Waals surface area contributed by atoms with Crippen molar-refractivity contribution in [1.29, 1.82) is 0 Å². The number of rotatable bonds is 4. The van der Waals surface area contributed by atoms with Crippen LogP contribution in [0.5, 0.6) is 0 Å². The van der Waals surface area contributed by atoms with Gasteiger partial charge in [0.1, 0.15) is 0 Å². The fourth-order valence-electron chi connectivity index (χ4n) is 3.68. The van der Waals surface area contributed by atoms with Gasteiger partial charge in [-0.25, -0.2) is 45.1 Å². The van der Waals surface area contributed by atoms with Crippen molar-refractivity contribution in [2.75, 3.05) is 0 Å². The molecule has 46 heavy (non-hydrogen) atoms. The van der Waals surface area contributed by atoms with E-state index in [2.05, 4.69) is 178 Å². The maximum Gasteiger partial charge on any atom is 0.0393 e. The van der Waals surface area contributed by atoms with Crippen LogP contribution in [0.25, 0.3) is 0 Å². The van der Waals surface area contributed by atoms with Gasteiger partial charge in [-0.3, -0.25) is 24.3 Å². The van der Waals surface area contributed by atoms with E-state index in [0.29, 0.717) is 0 Å². The maximum atomic E-state index is 3.36. The molecule has 0 N–H and O–H groups in total. The Balaban J connectivity index is -0.000000107. The molecular weight excluding hydrogens is 1030 g/mol. The quantitative estimate of drug-likeness (QED) is 0.267. The first-order valence-electron chi connectivity index (χ1n) is 15.8. The van der Waals surface area contributed by atoms with Crippen LogP contribution in [0.15, 0.2) is 69.4 Å². The molecule has 0 spiro atoms. The van der Waals surface area contributed by atoms with Crippen LogP contribution in [0.3, 0.4) is 0 Å². The topological polar surface area (TPSA) is 0 Å². The predicted octanol–water partition coefficient (Wildman–Crippen LogP) is 5.25. The van der Waals surface area contributed by atoms with E-state index in [1.165, 1.54) is 20.8 Å². The molecule has 0 aliphatic heterocycles. The van der Waals surface area contributed by atoms with Crippen molar-refractivity contribution in [3.8, 4) is 0 Å². The summed E-state index contributed by atoms with van der Waals surface area (Å²) in [6.45, 7) is 37.1. The third kappa shape index (κ3) is 31.5. The summed E-state index contributed by atoms with van der Waals surface area (Å²) in [5.41, 5.74) is 0. The van der Waals surface area contributed by atoms with Gasteiger partial charge in [0.15, 0.2) is 0 Å². The van der Waals surface area contributed by atoms with Crippen molar-refractivity contribution in [2.45, 2.75) is 130 Å². The molecule has 0 aromatic rings. The van der Waals surface area contributed by atoms with Gasteiger partial charge in [-0.2, -0.15) is 24.3 Å². The average molecular weight is 1100 g/mol. The largest absolute Gasteiger partial charge is 1.00 e. The van der Waals surface area contributed by atoms with Crippen molar-refractivity contribution in [3.63, 3.8) is 0 Å². The number of hydrogen-bond acceptors (Lipinski definition) is 0. The monoisotopic (exact) mass is 1100 g/mol. The summed E-state index contributed by atoms with van der Waals surface area (Å²) in [7, 11) is -2.52. The molecule has 0 heterocycles. The maximum absolute atomic E-state index is 3.36. The molecule has 0 amide bonds. The molecule has 262 valence electrons. The molecular formula is C36H66Cl2Hf2Si6-6. The summed E-state index contributed by atoms with van der Waals surface area (Å²) in [5.74, 6) is 0. The fourth-order valence-corrected chi connectivity index (χ4v) is 8.68. The zero-order valence-corrected chi connectivity index (χ0v) is 47.4. The number of hydrogen-bond donors (Lipinski definition) is 0. The minimum atomic E-state index is -1.01. The van der Waals surface area contributed by atoms with E-state index in [0.717, 1.165) is 44.7 Å². The van der Waals surface area contributed by atoms with Crippen LogP contribution in [0.1, 0.15) is 25.7 Å². The van der Waals surface area contributed by atoms with Gasteiger partial charge in [0.2, 0.25) is 0 Å². The van der Waals surface area contributed by atoms with Gasteiger partial charge in [0, 0.05) is 103 Å². The molecule has 2 radical (unpaired) electrons. The first-order valence-corrected chi connectivity index (χ1v) is 34.5. The molecule has 4 rings (SSSR count). The van der Waals surface area contributed by atoms with Gasteiger partial charge >= 0.3 is 0 Å². The molecule has 0 saturated carbocycles. The first-order chi connectivity index (χ1) is 19.2. The zero-order chi connectivity index (χ0) is 33.0. The van der Waals surface area contributed by atoms with Crippen molar-refractivity contribution >= 4 is 51.3 Å². The van der Waals surface area contributed by atoms with Gasteiger partial charge in [-0.05, 0) is 0 Å². The minimum Gasteiger partial charge on any atom is -1.00 e. The molecule has 4 aliphatic carbocycles. The summed E-state index contributed by atoms with van der Waals surface area (Å²) >= 11 is 0. The number of halogens is 2. The van der Waals surface area contributed by atoms with Crippen LogP contribution in [0, 0.1) is 24.3 Å². The van der Waals surface area contributed by atoms with Gasteiger partial charge in [-0.15, -0.1) is 25.7 Å². The second kappa shape index (κ2) is 31.3. The van der Waals surface area contributed by atoms with Crippen LogP contribution >= 0.6 is 0 Å². The van der Waals surface area contributed by atoms with Crippen LogP contribution in [-0.4, -0.2) is 51.3 Å². The molecule has 10 heteroatoms. The van der Waals surface area contributed by atoms with Crippen LogP contribution in [0.4, 0.5) is 0 Å². The first kappa shape index (κ1) is 59.7. The van der Waals surface area contributed by atoms with Crippen LogP contribution in [0.2, 0.25) is 105 Å². The Labute approximate surface area is 348 Å². The van der Waals surface area contributed by atoms with Crippen molar-refractivity contribution in [3.05, 3.63) is 93.7 Å². The summed E-state index contributed by atoms with van der Waals surface area (Å²) in [4.78, 5) is 0. The standard InChI is InChI=1S/4C8H13Si.2C2H7Si.2ClH.2Hf/c4*1-9(2,3)8-6-4-5-7-8;2*1-3-2;;;;/h4*4,6H,5H2,1-3H3;2*3H,1-2H3;2*1H;;/q4*-1;;;;;;/p-2. The predicted molar refractivity (Wildman–Crippen MR) is 213 cm³/mol. The summed E-state index contributed by atoms with van der Waals surface area (Å²) in [5, 5.41) is 5.95. The van der Waals surface area contributed by atoms with Gasteiger partial charge in [-0.1, -0.05) is 105 Å². The van der Waals surface area contributed by atoms with E-state index < -0.39 is 32.3 Å². The molecule has 0 atom stereocenters. The van der Waals surface area contributed by atoms with E-state index in [9.17, 15) is 0 Å². The Kier molecular flexibility index (Phi) is 40.6. The van der Waals surface area contributed by atoms with E-state index >= 15 is 0 Å². The Bertz CT molecular complexity index is 851. The summed E-state index contributed by atoms with van der Waals surface area (Å²) in [6, 6.07) is 0. The zero-order valence-electron chi connectivity index (χ0n) is 32.4. The van der Waals surface area contributed by atoms with Crippen molar-refractivity contribution in [1.82, 2.24) is 0 Å². The third-order valence-corrected chi connectivity index (χ3v) is 13.8. The average Bonchev–Trinajstić information content (AvgIpc) is 3.68. The van der Waals surface area contributed by atoms with E-state index in [1.54, 1.807) is 0 Å². The Morgan fingerprint density at radius 2 is 0.522 bits per heavy atom. The molecule has 4 aliphatic rings. The van der Waals surface area contributed by atoms with Crippen molar-refractivity contribution in [2.24, 2.45) is 0 Å². The van der Waals surface area contributed by atoms with Gasteiger partial charge in [0.05, 0.1) is 0 Å². The Hall–Kier alpha value is 1.54. The molecule has 0 saturated heterocycles. The second-order valence-electron chi connectivity index (χ2n) is 14.9. The van der Waals surface area contributed by atoms with E-state index in [4.69, 9.17) is 0 Å². The smallest absolute Gasteiger partial charge is 0.0393 e. The molecule has 0 aromatic heterocycles. The second-order valence-corrected chi connectivity index (χ2v) is 37.4. The van der Waals surface area contributed by atoms with Crippen molar-refractivity contribution < 1.29 is 76.5 Å². The summed E-state index contributed by atoms with van der Waals surface area (Å²) < 4.78 is 0. The SMILES string of the molecule is C[SiH]C.C[SiH]C.C[Si](C)(C)C1=[C-]CC=C1.C[Si](C)(C)C1=[C-]CC=C1.C[Si](C)(C)C1=[C-]CC=C1.C[Si](C)(C)C1=[C-]CC=C1.[Cl-].[Cl-].[Hf].[Hf]. The molecule has 0 aromatic carbocycles.